The Kier molecular flexibility index (Phi) is 4.34. The summed E-state index contributed by atoms with van der Waals surface area (Å²) in [6, 6.07) is 8.63. The van der Waals surface area contributed by atoms with E-state index in [-0.39, 0.29) is 0 Å². The van der Waals surface area contributed by atoms with Gasteiger partial charge in [-0.1, -0.05) is 24.3 Å². The average molecular weight is 221 g/mol. The molecule has 0 saturated carbocycles. The van der Waals surface area contributed by atoms with Crippen molar-refractivity contribution in [2.24, 2.45) is 0 Å². The molecule has 1 saturated heterocycles. The van der Waals surface area contributed by atoms with Crippen LogP contribution in [-0.4, -0.2) is 32.9 Å². The highest BCUT2D eigenvalue weighted by Crippen LogP contribution is 2.11. The summed E-state index contributed by atoms with van der Waals surface area (Å²) in [6.45, 7) is 3.22. The second-order valence-electron chi connectivity index (χ2n) is 4.14. The molecule has 0 spiro atoms. The van der Waals surface area contributed by atoms with Gasteiger partial charge in [-0.15, -0.1) is 0 Å². The lowest BCUT2D eigenvalue weighted by molar-refractivity contribution is -0.135. The Hall–Kier alpha value is -0.900. The van der Waals surface area contributed by atoms with Gasteiger partial charge in [-0.25, -0.2) is 0 Å². The van der Waals surface area contributed by atoms with Crippen molar-refractivity contribution in [3.63, 3.8) is 0 Å². The molecule has 3 nitrogen and oxygen atoms in total. The Balaban J connectivity index is 1.76. The second-order valence-corrected chi connectivity index (χ2v) is 4.14. The van der Waals surface area contributed by atoms with Crippen LogP contribution in [0.4, 0.5) is 0 Å². The Morgan fingerprint density at radius 3 is 2.50 bits per heavy atom. The highest BCUT2D eigenvalue weighted by atomic mass is 16.6. The van der Waals surface area contributed by atoms with Crippen molar-refractivity contribution in [2.45, 2.75) is 19.1 Å². The summed E-state index contributed by atoms with van der Waals surface area (Å²) in [6.07, 6.45) is 1.39. The van der Waals surface area contributed by atoms with Gasteiger partial charge in [0.15, 0.2) is 0 Å². The van der Waals surface area contributed by atoms with Crippen molar-refractivity contribution < 1.29 is 9.47 Å². The zero-order chi connectivity index (χ0) is 11.2. The van der Waals surface area contributed by atoms with Crippen molar-refractivity contribution in [2.75, 3.05) is 26.8 Å². The van der Waals surface area contributed by atoms with E-state index in [1.54, 1.807) is 0 Å². The van der Waals surface area contributed by atoms with E-state index < -0.39 is 0 Å². The largest absolute Gasteiger partial charge is 0.376 e. The lowest BCUT2D eigenvalue weighted by Crippen LogP contribution is -2.35. The van der Waals surface area contributed by atoms with Gasteiger partial charge in [0, 0.05) is 0 Å². The molecule has 2 rings (SSSR count). The third-order valence-electron chi connectivity index (χ3n) is 2.78. The maximum absolute atomic E-state index is 5.65. The summed E-state index contributed by atoms with van der Waals surface area (Å²) in [5, 5.41) is 3.15. The summed E-state index contributed by atoms with van der Waals surface area (Å²) >= 11 is 0. The van der Waals surface area contributed by atoms with Gasteiger partial charge in [-0.2, -0.15) is 0 Å². The van der Waals surface area contributed by atoms with E-state index in [1.807, 2.05) is 7.05 Å². The second kappa shape index (κ2) is 5.99. The van der Waals surface area contributed by atoms with Crippen LogP contribution in [0, 0.1) is 0 Å². The highest BCUT2D eigenvalue weighted by molar-refractivity contribution is 5.22. The number of nitrogens with one attached hydrogen (secondary N) is 1. The van der Waals surface area contributed by atoms with Crippen molar-refractivity contribution >= 4 is 0 Å². The minimum atomic E-state index is 0.309. The maximum atomic E-state index is 5.65. The maximum Gasteiger partial charge on any atom is 0.105 e. The van der Waals surface area contributed by atoms with E-state index >= 15 is 0 Å². The zero-order valence-electron chi connectivity index (χ0n) is 9.74. The van der Waals surface area contributed by atoms with Gasteiger partial charge in [0.25, 0.3) is 0 Å². The number of rotatable bonds is 6. The van der Waals surface area contributed by atoms with E-state index in [0.29, 0.717) is 12.7 Å². The van der Waals surface area contributed by atoms with E-state index in [2.05, 4.69) is 29.6 Å². The molecular weight excluding hydrogens is 202 g/mol. The SMILES string of the molecule is CNCCc1ccc(COC2COC2)cc1. The highest BCUT2D eigenvalue weighted by Gasteiger charge is 2.18. The molecule has 0 bridgehead atoms. The molecule has 0 amide bonds. The number of hydrogen-bond acceptors (Lipinski definition) is 3. The van der Waals surface area contributed by atoms with Gasteiger partial charge in [0.1, 0.15) is 6.10 Å². The minimum absolute atomic E-state index is 0.309. The predicted molar refractivity (Wildman–Crippen MR) is 63.5 cm³/mol. The van der Waals surface area contributed by atoms with E-state index in [9.17, 15) is 0 Å². The molecule has 0 aromatic heterocycles. The molecular formula is C13H19NO2. The number of likely N-dealkylation sites (N-methyl/N-ethyl adjacent to an activating group) is 1. The van der Waals surface area contributed by atoms with Crippen LogP contribution in [0.5, 0.6) is 0 Å². The zero-order valence-corrected chi connectivity index (χ0v) is 9.74. The van der Waals surface area contributed by atoms with Gasteiger partial charge in [0.2, 0.25) is 0 Å². The Morgan fingerprint density at radius 1 is 1.25 bits per heavy atom. The first-order valence-electron chi connectivity index (χ1n) is 5.80. The van der Waals surface area contributed by atoms with Gasteiger partial charge >= 0.3 is 0 Å². The van der Waals surface area contributed by atoms with Crippen molar-refractivity contribution in [1.82, 2.24) is 5.32 Å². The van der Waals surface area contributed by atoms with Crippen molar-refractivity contribution in [3.8, 4) is 0 Å². The number of hydrogen-bond donors (Lipinski definition) is 1. The van der Waals surface area contributed by atoms with Crippen LogP contribution < -0.4 is 5.32 Å². The van der Waals surface area contributed by atoms with Crippen LogP contribution in [0.25, 0.3) is 0 Å². The summed E-state index contributed by atoms with van der Waals surface area (Å²) in [5.41, 5.74) is 2.60. The van der Waals surface area contributed by atoms with Crippen LogP contribution in [0.1, 0.15) is 11.1 Å². The summed E-state index contributed by atoms with van der Waals surface area (Å²) in [5.74, 6) is 0. The summed E-state index contributed by atoms with van der Waals surface area (Å²) in [4.78, 5) is 0. The first kappa shape index (κ1) is 11.6. The first-order chi connectivity index (χ1) is 7.88. The topological polar surface area (TPSA) is 30.5 Å². The molecule has 0 atom stereocenters. The molecule has 0 unspecified atom stereocenters. The molecule has 1 N–H and O–H groups in total. The average Bonchev–Trinajstić information content (AvgIpc) is 2.26. The van der Waals surface area contributed by atoms with Gasteiger partial charge in [-0.05, 0) is 31.1 Å². The van der Waals surface area contributed by atoms with Crippen LogP contribution in [0.2, 0.25) is 0 Å². The third-order valence-corrected chi connectivity index (χ3v) is 2.78. The van der Waals surface area contributed by atoms with E-state index in [1.165, 1.54) is 11.1 Å². The lowest BCUT2D eigenvalue weighted by Gasteiger charge is -2.25. The van der Waals surface area contributed by atoms with Crippen LogP contribution in [0.3, 0.4) is 0 Å². The molecule has 16 heavy (non-hydrogen) atoms. The third kappa shape index (κ3) is 3.30. The van der Waals surface area contributed by atoms with Crippen LogP contribution >= 0.6 is 0 Å². The molecule has 88 valence electrons. The fourth-order valence-corrected chi connectivity index (χ4v) is 1.60. The monoisotopic (exact) mass is 221 g/mol. The number of benzene rings is 1. The van der Waals surface area contributed by atoms with Gasteiger partial charge in [0.05, 0.1) is 19.8 Å². The smallest absolute Gasteiger partial charge is 0.105 e. The Morgan fingerprint density at radius 2 is 1.94 bits per heavy atom. The van der Waals surface area contributed by atoms with Crippen LogP contribution in [-0.2, 0) is 22.5 Å². The van der Waals surface area contributed by atoms with E-state index in [0.717, 1.165) is 26.2 Å². The molecule has 1 aliphatic rings. The molecule has 1 aliphatic heterocycles. The quantitative estimate of drug-likeness (QED) is 0.787. The fraction of sp³-hybridized carbons (Fsp3) is 0.538. The fourth-order valence-electron chi connectivity index (χ4n) is 1.60. The Bertz CT molecular complexity index is 306. The minimum Gasteiger partial charge on any atom is -0.376 e. The molecule has 1 fully saturated rings. The molecule has 1 aromatic carbocycles. The van der Waals surface area contributed by atoms with Crippen molar-refractivity contribution in [1.29, 1.82) is 0 Å². The molecule has 0 radical (unpaired) electrons. The first-order valence-corrected chi connectivity index (χ1v) is 5.80. The van der Waals surface area contributed by atoms with Gasteiger partial charge in [-0.3, -0.25) is 0 Å². The molecule has 1 heterocycles. The molecule has 0 aliphatic carbocycles. The predicted octanol–water partition coefficient (Wildman–Crippen LogP) is 1.36. The van der Waals surface area contributed by atoms with Crippen LogP contribution in [0.15, 0.2) is 24.3 Å². The van der Waals surface area contributed by atoms with E-state index in [4.69, 9.17) is 9.47 Å². The standard InChI is InChI=1S/C13H19NO2/c1-14-7-6-11-2-4-12(5-3-11)8-16-13-9-15-10-13/h2-5,13-14H,6-10H2,1H3. The molecule has 3 heteroatoms. The lowest BCUT2D eigenvalue weighted by atomic mass is 10.1. The number of ether oxygens (including phenoxy) is 2. The Labute approximate surface area is 96.8 Å². The normalized spacial score (nSPS) is 16.1. The summed E-state index contributed by atoms with van der Waals surface area (Å²) < 4.78 is 10.7. The van der Waals surface area contributed by atoms with Gasteiger partial charge < -0.3 is 14.8 Å². The summed E-state index contributed by atoms with van der Waals surface area (Å²) in [7, 11) is 1.98. The van der Waals surface area contributed by atoms with Crippen molar-refractivity contribution in [3.05, 3.63) is 35.4 Å². The molecule has 1 aromatic rings.